The molecule has 3 aromatic rings. The third-order valence-electron chi connectivity index (χ3n) is 7.69. The molecule has 2 heterocycles. The third kappa shape index (κ3) is 4.96. The van der Waals surface area contributed by atoms with Crippen LogP contribution >= 0.6 is 0 Å². The van der Waals surface area contributed by atoms with Gasteiger partial charge in [-0.15, -0.1) is 0 Å². The zero-order chi connectivity index (χ0) is 26.0. The molecule has 2 aliphatic rings. The van der Waals surface area contributed by atoms with Crippen molar-refractivity contribution in [3.8, 4) is 5.69 Å². The number of rotatable bonds is 8. The van der Waals surface area contributed by atoms with E-state index >= 15 is 0 Å². The number of nitrogens with zero attached hydrogens (tertiary/aromatic N) is 4. The lowest BCUT2D eigenvalue weighted by Crippen LogP contribution is -2.52. The molecule has 0 radical (unpaired) electrons. The van der Waals surface area contributed by atoms with Gasteiger partial charge in [-0.05, 0) is 55.5 Å². The number of fused-ring (bicyclic) bond motifs is 1. The van der Waals surface area contributed by atoms with Crippen molar-refractivity contribution in [2.45, 2.75) is 78.2 Å². The highest BCUT2D eigenvalue weighted by Gasteiger charge is 2.52. The van der Waals surface area contributed by atoms with Gasteiger partial charge >= 0.3 is 5.97 Å². The Morgan fingerprint density at radius 2 is 1.86 bits per heavy atom. The molecular weight excluding hydrogens is 464 g/mol. The number of ether oxygens (including phenoxy) is 1. The number of carbonyl (C=O) groups excluding carboxylic acids is 2. The molecule has 2 fully saturated rings. The molecule has 1 spiro atoms. The van der Waals surface area contributed by atoms with Gasteiger partial charge in [0.25, 0.3) is 0 Å². The quantitative estimate of drug-likeness (QED) is 0.384. The van der Waals surface area contributed by atoms with E-state index in [1.807, 2.05) is 31.2 Å². The summed E-state index contributed by atoms with van der Waals surface area (Å²) in [6, 6.07) is 11.5. The zero-order valence-corrected chi connectivity index (χ0v) is 22.1. The molecule has 5 rings (SSSR count). The Hall–Kier alpha value is -3.35. The van der Waals surface area contributed by atoms with E-state index in [4.69, 9.17) is 14.7 Å². The number of Topliss-reactive ketones (excluding diaryl/α,β-unsaturated/α-hetero) is 1. The highest BCUT2D eigenvalue weighted by Crippen LogP contribution is 2.47. The molecule has 0 saturated heterocycles. The summed E-state index contributed by atoms with van der Waals surface area (Å²) >= 11 is 0. The van der Waals surface area contributed by atoms with E-state index in [0.717, 1.165) is 72.5 Å². The molecule has 2 aliphatic carbocycles. The van der Waals surface area contributed by atoms with Crippen LogP contribution in [-0.4, -0.2) is 44.6 Å². The number of hydrogen-bond donors (Lipinski definition) is 0. The zero-order valence-electron chi connectivity index (χ0n) is 22.1. The molecule has 37 heavy (non-hydrogen) atoms. The fourth-order valence-electron chi connectivity index (χ4n) is 5.78. The maximum atomic E-state index is 12.9. The smallest absolute Gasteiger partial charge is 0.331 e. The van der Waals surface area contributed by atoms with Crippen molar-refractivity contribution in [3.05, 3.63) is 54.0 Å². The SMILES string of the molecule is CCOC(=O)[C@H](Cc1ccc(-n2c(CC(C)C)nc3cccnc32)cc1)N=C1CC(=O)C12CCCCC2. The molecule has 0 amide bonds. The largest absolute Gasteiger partial charge is 0.464 e. The van der Waals surface area contributed by atoms with Crippen LogP contribution in [0.3, 0.4) is 0 Å². The van der Waals surface area contributed by atoms with Crippen LogP contribution in [0.5, 0.6) is 0 Å². The van der Waals surface area contributed by atoms with E-state index in [9.17, 15) is 9.59 Å². The molecule has 1 aromatic carbocycles. The molecule has 7 heteroatoms. The number of ketones is 1. The lowest BCUT2D eigenvalue weighted by Gasteiger charge is -2.44. The fourth-order valence-corrected chi connectivity index (χ4v) is 5.78. The fraction of sp³-hybridized carbons (Fsp3) is 0.500. The Bertz CT molecular complexity index is 1320. The number of aromatic nitrogens is 3. The van der Waals surface area contributed by atoms with Crippen LogP contribution in [0.1, 0.15) is 70.7 Å². The Labute approximate surface area is 218 Å². The Kier molecular flexibility index (Phi) is 7.22. The van der Waals surface area contributed by atoms with Gasteiger partial charge in [0.2, 0.25) is 0 Å². The summed E-state index contributed by atoms with van der Waals surface area (Å²) < 4.78 is 7.50. The van der Waals surface area contributed by atoms with Crippen molar-refractivity contribution < 1.29 is 14.3 Å². The number of hydrogen-bond acceptors (Lipinski definition) is 6. The summed E-state index contributed by atoms with van der Waals surface area (Å²) in [5.41, 5.74) is 4.19. The van der Waals surface area contributed by atoms with Gasteiger partial charge in [-0.3, -0.25) is 14.4 Å². The van der Waals surface area contributed by atoms with Crippen molar-refractivity contribution in [2.24, 2.45) is 16.3 Å². The summed E-state index contributed by atoms with van der Waals surface area (Å²) in [6.45, 7) is 6.49. The molecule has 2 aromatic heterocycles. The highest BCUT2D eigenvalue weighted by molar-refractivity contribution is 6.27. The van der Waals surface area contributed by atoms with Crippen molar-refractivity contribution in [1.29, 1.82) is 0 Å². The van der Waals surface area contributed by atoms with E-state index in [2.05, 4.69) is 35.5 Å². The topological polar surface area (TPSA) is 86.4 Å². The first-order chi connectivity index (χ1) is 17.9. The van der Waals surface area contributed by atoms with Gasteiger partial charge in [-0.25, -0.2) is 14.8 Å². The van der Waals surface area contributed by atoms with Crippen molar-refractivity contribution in [3.63, 3.8) is 0 Å². The average molecular weight is 501 g/mol. The summed E-state index contributed by atoms with van der Waals surface area (Å²) in [7, 11) is 0. The molecular formula is C30H36N4O3. The van der Waals surface area contributed by atoms with E-state index in [-0.39, 0.29) is 11.8 Å². The van der Waals surface area contributed by atoms with Crippen LogP contribution < -0.4 is 0 Å². The van der Waals surface area contributed by atoms with E-state index in [1.165, 1.54) is 0 Å². The van der Waals surface area contributed by atoms with Crippen molar-refractivity contribution >= 4 is 28.6 Å². The summed E-state index contributed by atoms with van der Waals surface area (Å²) in [6.07, 6.45) is 8.43. The molecule has 0 N–H and O–H groups in total. The lowest BCUT2D eigenvalue weighted by atomic mass is 9.58. The minimum atomic E-state index is -0.639. The first-order valence-electron chi connectivity index (χ1n) is 13.6. The van der Waals surface area contributed by atoms with Crippen LogP contribution in [-0.2, 0) is 27.2 Å². The van der Waals surface area contributed by atoms with E-state index in [1.54, 1.807) is 6.20 Å². The van der Waals surface area contributed by atoms with E-state index < -0.39 is 11.5 Å². The van der Waals surface area contributed by atoms with Gasteiger partial charge in [0.15, 0.2) is 11.7 Å². The monoisotopic (exact) mass is 500 g/mol. The second-order valence-electron chi connectivity index (χ2n) is 10.8. The number of aliphatic imine (C=N–C) groups is 1. The van der Waals surface area contributed by atoms with Crippen molar-refractivity contribution in [1.82, 2.24) is 14.5 Å². The first kappa shape index (κ1) is 25.3. The first-order valence-corrected chi connectivity index (χ1v) is 13.6. The van der Waals surface area contributed by atoms with Gasteiger partial charge in [-0.2, -0.15) is 0 Å². The van der Waals surface area contributed by atoms with Gasteiger partial charge in [-0.1, -0.05) is 45.2 Å². The van der Waals surface area contributed by atoms with E-state index in [0.29, 0.717) is 25.4 Å². The molecule has 0 bridgehead atoms. The highest BCUT2D eigenvalue weighted by atomic mass is 16.5. The maximum Gasteiger partial charge on any atom is 0.331 e. The maximum absolute atomic E-state index is 12.9. The molecule has 0 unspecified atom stereocenters. The third-order valence-corrected chi connectivity index (χ3v) is 7.69. The molecule has 2 saturated carbocycles. The van der Waals surface area contributed by atoms with Crippen molar-refractivity contribution in [2.75, 3.05) is 6.61 Å². The molecule has 1 atom stereocenters. The van der Waals surface area contributed by atoms with Crippen LogP contribution in [0.4, 0.5) is 0 Å². The van der Waals surface area contributed by atoms with Crippen LogP contribution in [0.25, 0.3) is 16.9 Å². The predicted octanol–water partition coefficient (Wildman–Crippen LogP) is 5.46. The molecule has 7 nitrogen and oxygen atoms in total. The predicted molar refractivity (Wildman–Crippen MR) is 144 cm³/mol. The number of pyridine rings is 1. The van der Waals surface area contributed by atoms with Gasteiger partial charge in [0, 0.05) is 36.9 Å². The van der Waals surface area contributed by atoms with Gasteiger partial charge < -0.3 is 4.74 Å². The summed E-state index contributed by atoms with van der Waals surface area (Å²) in [5.74, 6) is 1.41. The number of benzene rings is 1. The molecule has 194 valence electrons. The Balaban J connectivity index is 1.42. The number of imidazole rings is 1. The normalized spacial score (nSPS) is 18.9. The average Bonchev–Trinajstić information content (AvgIpc) is 3.26. The number of carbonyl (C=O) groups is 2. The Morgan fingerprint density at radius 1 is 1.11 bits per heavy atom. The minimum absolute atomic E-state index is 0.288. The minimum Gasteiger partial charge on any atom is -0.464 e. The molecule has 0 aliphatic heterocycles. The summed E-state index contributed by atoms with van der Waals surface area (Å²) in [4.78, 5) is 39.8. The standard InChI is InChI=1S/C30H36N4O3/c1-4-37-29(36)24(32-25-19-26(35)30(25)14-6-5-7-15-30)18-21-10-12-22(13-11-21)34-27(17-20(2)3)33-23-9-8-16-31-28(23)34/h8-13,16,20,24H,4-7,14-15,17-19H2,1-3H3/t24-/m0/s1. The van der Waals surface area contributed by atoms with Crippen LogP contribution in [0, 0.1) is 11.3 Å². The van der Waals surface area contributed by atoms with Crippen LogP contribution in [0.2, 0.25) is 0 Å². The van der Waals surface area contributed by atoms with Gasteiger partial charge in [0.1, 0.15) is 17.1 Å². The second-order valence-corrected chi connectivity index (χ2v) is 10.8. The van der Waals surface area contributed by atoms with Gasteiger partial charge in [0.05, 0.1) is 12.0 Å². The Morgan fingerprint density at radius 3 is 2.54 bits per heavy atom. The van der Waals surface area contributed by atoms with Crippen LogP contribution in [0.15, 0.2) is 47.6 Å². The summed E-state index contributed by atoms with van der Waals surface area (Å²) in [5, 5.41) is 0. The second kappa shape index (κ2) is 10.6. The number of esters is 1. The lowest BCUT2D eigenvalue weighted by molar-refractivity contribution is -0.144.